The van der Waals surface area contributed by atoms with Crippen molar-refractivity contribution in [1.29, 1.82) is 0 Å². The number of benzene rings is 1. The molecule has 2 heterocycles. The molecule has 24 heavy (non-hydrogen) atoms. The van der Waals surface area contributed by atoms with Gasteiger partial charge in [-0.25, -0.2) is 0 Å². The predicted molar refractivity (Wildman–Crippen MR) is 102 cm³/mol. The molecule has 1 amide bonds. The SMILES string of the molecule is CCc1c(C=C2C(=O)Nc3c(Br)cc(Cl)cc32)[nH]c2c1CCCC2. The summed E-state index contributed by atoms with van der Waals surface area (Å²) in [6, 6.07) is 3.65. The molecule has 5 heteroatoms. The quantitative estimate of drug-likeness (QED) is 0.649. The van der Waals surface area contributed by atoms with Crippen molar-refractivity contribution in [3.8, 4) is 0 Å². The lowest BCUT2D eigenvalue weighted by Gasteiger charge is -2.11. The number of H-pyrrole nitrogens is 1. The number of hydrogen-bond donors (Lipinski definition) is 2. The number of amides is 1. The van der Waals surface area contributed by atoms with Gasteiger partial charge in [-0.3, -0.25) is 4.79 Å². The van der Waals surface area contributed by atoms with Gasteiger partial charge in [0.2, 0.25) is 0 Å². The zero-order valence-electron chi connectivity index (χ0n) is 13.4. The molecule has 0 radical (unpaired) electrons. The first-order valence-corrected chi connectivity index (χ1v) is 9.50. The van der Waals surface area contributed by atoms with Crippen molar-refractivity contribution < 1.29 is 4.79 Å². The average Bonchev–Trinajstić information content (AvgIpc) is 3.06. The van der Waals surface area contributed by atoms with Gasteiger partial charge in [0, 0.05) is 26.4 Å². The van der Waals surface area contributed by atoms with E-state index in [1.807, 2.05) is 12.1 Å². The summed E-state index contributed by atoms with van der Waals surface area (Å²) in [6.07, 6.45) is 7.68. The third-order valence-electron chi connectivity index (χ3n) is 4.91. The third kappa shape index (κ3) is 2.52. The number of aryl methyl sites for hydroxylation is 1. The number of carbonyl (C=O) groups excluding carboxylic acids is 1. The largest absolute Gasteiger partial charge is 0.358 e. The Morgan fingerprint density at radius 3 is 2.88 bits per heavy atom. The summed E-state index contributed by atoms with van der Waals surface area (Å²) in [5.74, 6) is -0.0809. The van der Waals surface area contributed by atoms with Crippen LogP contribution in [0.4, 0.5) is 5.69 Å². The van der Waals surface area contributed by atoms with E-state index < -0.39 is 0 Å². The Bertz CT molecular complexity index is 882. The molecule has 0 saturated heterocycles. The molecule has 1 aliphatic heterocycles. The van der Waals surface area contributed by atoms with Crippen molar-refractivity contribution in [2.24, 2.45) is 0 Å². The molecule has 0 atom stereocenters. The van der Waals surface area contributed by atoms with E-state index in [2.05, 4.69) is 33.2 Å². The summed E-state index contributed by atoms with van der Waals surface area (Å²) in [4.78, 5) is 16.0. The number of fused-ring (bicyclic) bond motifs is 2. The van der Waals surface area contributed by atoms with Crippen molar-refractivity contribution in [2.75, 3.05) is 5.32 Å². The number of anilines is 1. The molecule has 1 aromatic carbocycles. The lowest BCUT2D eigenvalue weighted by molar-refractivity contribution is -0.110. The van der Waals surface area contributed by atoms with Crippen LogP contribution in [-0.2, 0) is 24.1 Å². The Morgan fingerprint density at radius 2 is 2.08 bits per heavy atom. The monoisotopic (exact) mass is 404 g/mol. The standard InChI is InChI=1S/C19H18BrClN2O/c1-2-11-12-5-3-4-6-16(12)22-17(11)9-14-13-7-10(21)8-15(20)18(13)23-19(14)24/h7-9,22H,2-6H2,1H3,(H,23,24). The summed E-state index contributed by atoms with van der Waals surface area (Å²) >= 11 is 9.66. The molecular weight excluding hydrogens is 388 g/mol. The van der Waals surface area contributed by atoms with Crippen LogP contribution in [0.5, 0.6) is 0 Å². The van der Waals surface area contributed by atoms with Gasteiger partial charge in [-0.15, -0.1) is 0 Å². The fourth-order valence-corrected chi connectivity index (χ4v) is 4.72. The molecule has 124 valence electrons. The average molecular weight is 406 g/mol. The minimum atomic E-state index is -0.0809. The van der Waals surface area contributed by atoms with Crippen LogP contribution in [0, 0.1) is 0 Å². The van der Waals surface area contributed by atoms with Gasteiger partial charge in [0.1, 0.15) is 0 Å². The lowest BCUT2D eigenvalue weighted by atomic mass is 9.93. The number of carbonyl (C=O) groups is 1. The van der Waals surface area contributed by atoms with Crippen molar-refractivity contribution in [2.45, 2.75) is 39.0 Å². The van der Waals surface area contributed by atoms with Crippen LogP contribution in [0.1, 0.15) is 47.8 Å². The fraction of sp³-hybridized carbons (Fsp3) is 0.316. The number of halogens is 2. The van der Waals surface area contributed by atoms with Crippen LogP contribution in [0.25, 0.3) is 11.6 Å². The first kappa shape index (κ1) is 16.0. The van der Waals surface area contributed by atoms with E-state index in [-0.39, 0.29) is 5.91 Å². The lowest BCUT2D eigenvalue weighted by Crippen LogP contribution is -2.04. The molecule has 0 fully saturated rings. The zero-order chi connectivity index (χ0) is 16.8. The summed E-state index contributed by atoms with van der Waals surface area (Å²) in [5.41, 5.74) is 7.54. The molecular formula is C19H18BrClN2O. The van der Waals surface area contributed by atoms with Crippen molar-refractivity contribution in [3.63, 3.8) is 0 Å². The molecule has 1 aliphatic carbocycles. The van der Waals surface area contributed by atoms with E-state index in [1.54, 1.807) is 6.07 Å². The molecule has 2 aromatic rings. The Labute approximate surface area is 154 Å². The van der Waals surface area contributed by atoms with Crippen LogP contribution >= 0.6 is 27.5 Å². The van der Waals surface area contributed by atoms with Gasteiger partial charge >= 0.3 is 0 Å². The number of hydrogen-bond acceptors (Lipinski definition) is 1. The molecule has 3 nitrogen and oxygen atoms in total. The Hall–Kier alpha value is -1.52. The maximum atomic E-state index is 12.5. The van der Waals surface area contributed by atoms with E-state index >= 15 is 0 Å². The predicted octanol–water partition coefficient (Wildman–Crippen LogP) is 5.36. The van der Waals surface area contributed by atoms with Crippen molar-refractivity contribution >= 4 is 50.8 Å². The van der Waals surface area contributed by atoms with Crippen LogP contribution in [0.3, 0.4) is 0 Å². The summed E-state index contributed by atoms with van der Waals surface area (Å²) in [7, 11) is 0. The molecule has 2 aliphatic rings. The van der Waals surface area contributed by atoms with Crippen LogP contribution in [-0.4, -0.2) is 10.9 Å². The Kier molecular flexibility index (Phi) is 4.05. The van der Waals surface area contributed by atoms with Crippen LogP contribution < -0.4 is 5.32 Å². The summed E-state index contributed by atoms with van der Waals surface area (Å²) in [5, 5.41) is 3.55. The van der Waals surface area contributed by atoms with Gasteiger partial charge in [-0.05, 0) is 77.4 Å². The first-order valence-electron chi connectivity index (χ1n) is 8.33. The second-order valence-corrected chi connectivity index (χ2v) is 7.65. The van der Waals surface area contributed by atoms with Gasteiger partial charge in [-0.2, -0.15) is 0 Å². The van der Waals surface area contributed by atoms with E-state index in [0.29, 0.717) is 10.6 Å². The smallest absolute Gasteiger partial charge is 0.256 e. The summed E-state index contributed by atoms with van der Waals surface area (Å²) in [6.45, 7) is 2.18. The Morgan fingerprint density at radius 1 is 1.29 bits per heavy atom. The highest BCUT2D eigenvalue weighted by Crippen LogP contribution is 2.41. The minimum Gasteiger partial charge on any atom is -0.358 e. The fourth-order valence-electron chi connectivity index (χ4n) is 3.81. The topological polar surface area (TPSA) is 44.9 Å². The third-order valence-corrected chi connectivity index (χ3v) is 5.76. The van der Waals surface area contributed by atoms with Gasteiger partial charge in [0.25, 0.3) is 5.91 Å². The number of aromatic amines is 1. The second-order valence-electron chi connectivity index (χ2n) is 6.36. The van der Waals surface area contributed by atoms with Crippen LogP contribution in [0.2, 0.25) is 5.02 Å². The molecule has 0 saturated carbocycles. The highest BCUT2D eigenvalue weighted by molar-refractivity contribution is 9.10. The van der Waals surface area contributed by atoms with E-state index in [9.17, 15) is 4.79 Å². The number of nitrogens with one attached hydrogen (secondary N) is 2. The zero-order valence-corrected chi connectivity index (χ0v) is 15.8. The highest BCUT2D eigenvalue weighted by atomic mass is 79.9. The van der Waals surface area contributed by atoms with Gasteiger partial charge < -0.3 is 10.3 Å². The molecule has 4 rings (SSSR count). The van der Waals surface area contributed by atoms with E-state index in [0.717, 1.165) is 40.7 Å². The first-order chi connectivity index (χ1) is 11.6. The molecule has 1 aromatic heterocycles. The molecule has 0 unspecified atom stereocenters. The normalized spacial score (nSPS) is 17.8. The Balaban J connectivity index is 1.86. The van der Waals surface area contributed by atoms with E-state index in [4.69, 9.17) is 11.6 Å². The maximum absolute atomic E-state index is 12.5. The number of aromatic nitrogens is 1. The maximum Gasteiger partial charge on any atom is 0.256 e. The molecule has 0 spiro atoms. The van der Waals surface area contributed by atoms with Crippen LogP contribution in [0.15, 0.2) is 16.6 Å². The van der Waals surface area contributed by atoms with Gasteiger partial charge in [0.05, 0.1) is 11.3 Å². The van der Waals surface area contributed by atoms with E-state index in [1.165, 1.54) is 29.7 Å². The highest BCUT2D eigenvalue weighted by Gasteiger charge is 2.28. The van der Waals surface area contributed by atoms with Crippen molar-refractivity contribution in [1.82, 2.24) is 4.98 Å². The second kappa shape index (κ2) is 6.08. The van der Waals surface area contributed by atoms with Gasteiger partial charge in [0.15, 0.2) is 0 Å². The molecule has 0 bridgehead atoms. The summed E-state index contributed by atoms with van der Waals surface area (Å²) < 4.78 is 0.809. The number of rotatable bonds is 2. The van der Waals surface area contributed by atoms with Crippen molar-refractivity contribution in [3.05, 3.63) is 49.7 Å². The molecule has 2 N–H and O–H groups in total. The minimum absolute atomic E-state index is 0.0809. The van der Waals surface area contributed by atoms with Gasteiger partial charge in [-0.1, -0.05) is 18.5 Å².